The zero-order valence-electron chi connectivity index (χ0n) is 29.5. The van der Waals surface area contributed by atoms with Crippen molar-refractivity contribution in [2.45, 2.75) is 0 Å². The van der Waals surface area contributed by atoms with E-state index in [1.807, 2.05) is 36.4 Å². The van der Waals surface area contributed by atoms with Gasteiger partial charge in [-0.05, 0) is 84.4 Å². The summed E-state index contributed by atoms with van der Waals surface area (Å²) in [7, 11) is 0. The number of aromatic nitrogens is 3. The Hall–Kier alpha value is -7.86. The highest BCUT2D eigenvalue weighted by Gasteiger charge is 2.20. The Kier molecular flexibility index (Phi) is 6.61. The highest BCUT2D eigenvalue weighted by atomic mass is 15.0. The Balaban J connectivity index is 1.10. The summed E-state index contributed by atoms with van der Waals surface area (Å²) >= 11 is 0. The molecule has 0 spiro atoms. The van der Waals surface area contributed by atoms with E-state index in [1.54, 1.807) is 0 Å². The summed E-state index contributed by atoms with van der Waals surface area (Å²) in [5.74, 6) is 0. The third-order valence-corrected chi connectivity index (χ3v) is 11.1. The fourth-order valence-corrected chi connectivity index (χ4v) is 8.76. The summed E-state index contributed by atoms with van der Waals surface area (Å²) < 4.78 is 6.87. The van der Waals surface area contributed by atoms with E-state index in [0.717, 1.165) is 61.0 Å². The molecule has 254 valence electrons. The predicted octanol–water partition coefficient (Wildman–Crippen LogP) is 12.4. The van der Waals surface area contributed by atoms with Crippen LogP contribution in [0, 0.1) is 22.7 Å². The maximum atomic E-state index is 10.7. The molecule has 0 aliphatic carbocycles. The van der Waals surface area contributed by atoms with Crippen LogP contribution in [0.15, 0.2) is 176 Å². The first kappa shape index (κ1) is 30.7. The molecule has 0 aliphatic rings. The van der Waals surface area contributed by atoms with Gasteiger partial charge in [-0.25, -0.2) is 0 Å². The van der Waals surface area contributed by atoms with Gasteiger partial charge in [-0.1, -0.05) is 97.1 Å². The lowest BCUT2D eigenvalue weighted by Gasteiger charge is -2.16. The van der Waals surface area contributed by atoms with Crippen LogP contribution in [0.1, 0.15) is 11.1 Å². The van der Waals surface area contributed by atoms with Crippen molar-refractivity contribution in [3.63, 3.8) is 0 Å². The largest absolute Gasteiger partial charge is 0.309 e. The molecule has 3 aromatic heterocycles. The van der Waals surface area contributed by atoms with Crippen molar-refractivity contribution in [3.05, 3.63) is 187 Å². The minimum Gasteiger partial charge on any atom is -0.309 e. The summed E-state index contributed by atoms with van der Waals surface area (Å²) in [4.78, 5) is 0. The zero-order valence-corrected chi connectivity index (χ0v) is 29.5. The number of para-hydroxylation sites is 5. The Morgan fingerprint density at radius 2 is 0.836 bits per heavy atom. The fraction of sp³-hybridized carbons (Fsp3) is 0. The van der Waals surface area contributed by atoms with E-state index in [4.69, 9.17) is 0 Å². The Morgan fingerprint density at radius 3 is 1.45 bits per heavy atom. The maximum Gasteiger partial charge on any atom is 0.101 e. The number of benzene rings is 8. The van der Waals surface area contributed by atoms with Gasteiger partial charge in [0.1, 0.15) is 6.07 Å². The first-order valence-corrected chi connectivity index (χ1v) is 18.3. The van der Waals surface area contributed by atoms with Crippen LogP contribution in [-0.4, -0.2) is 13.7 Å². The number of hydrogen-bond donors (Lipinski definition) is 0. The molecular formula is C50H29N5. The van der Waals surface area contributed by atoms with Crippen molar-refractivity contribution < 1.29 is 0 Å². The second kappa shape index (κ2) is 11.8. The van der Waals surface area contributed by atoms with Crippen LogP contribution in [0.25, 0.3) is 93.6 Å². The van der Waals surface area contributed by atoms with E-state index in [9.17, 15) is 10.5 Å². The second-order valence-corrected chi connectivity index (χ2v) is 14.0. The van der Waals surface area contributed by atoms with Crippen molar-refractivity contribution >= 4 is 65.4 Å². The standard InChI is InChI=1S/C50H29N5/c51-30-32-21-24-49-41(27-32)39-14-4-9-19-47(39)54(49)43-25-22-33(28-34(43)31-52)36-11-1-6-16-44(36)55-48-20-10-5-15-40(48)42-29-35(23-26-50(42)55)53-45-17-7-2-12-37(45)38-13-3-8-18-46(38)53/h1-29H. The van der Waals surface area contributed by atoms with Gasteiger partial charge in [0.05, 0.1) is 61.7 Å². The molecule has 5 heteroatoms. The summed E-state index contributed by atoms with van der Waals surface area (Å²) in [6, 6.07) is 66.0. The molecule has 0 aliphatic heterocycles. The minimum atomic E-state index is 0.567. The van der Waals surface area contributed by atoms with Crippen LogP contribution in [0.3, 0.4) is 0 Å². The van der Waals surface area contributed by atoms with Crippen molar-refractivity contribution in [3.8, 4) is 40.3 Å². The molecule has 55 heavy (non-hydrogen) atoms. The summed E-state index contributed by atoms with van der Waals surface area (Å²) in [6.45, 7) is 0. The van der Waals surface area contributed by atoms with Crippen LogP contribution in [0.2, 0.25) is 0 Å². The molecule has 0 saturated heterocycles. The monoisotopic (exact) mass is 699 g/mol. The van der Waals surface area contributed by atoms with Crippen LogP contribution in [0.5, 0.6) is 0 Å². The number of fused-ring (bicyclic) bond motifs is 9. The van der Waals surface area contributed by atoms with E-state index in [-0.39, 0.29) is 0 Å². The number of hydrogen-bond acceptors (Lipinski definition) is 2. The molecule has 0 amide bonds. The number of nitriles is 2. The van der Waals surface area contributed by atoms with Crippen LogP contribution >= 0.6 is 0 Å². The Labute approximate surface area is 316 Å². The SMILES string of the molecule is N#Cc1ccc2c(c1)c1ccccc1n2-c1ccc(-c2ccccc2-n2c3ccccc3c3cc(-n4c5ccccc5c5ccccc54)ccc32)cc1C#N. The molecule has 3 heterocycles. The third kappa shape index (κ3) is 4.45. The van der Waals surface area contributed by atoms with Gasteiger partial charge in [-0.15, -0.1) is 0 Å². The maximum absolute atomic E-state index is 10.7. The van der Waals surface area contributed by atoms with E-state index >= 15 is 0 Å². The fourth-order valence-electron chi connectivity index (χ4n) is 8.76. The molecule has 11 aromatic rings. The molecule has 5 nitrogen and oxygen atoms in total. The van der Waals surface area contributed by atoms with Crippen LogP contribution < -0.4 is 0 Å². The number of nitrogens with zero attached hydrogens (tertiary/aromatic N) is 5. The van der Waals surface area contributed by atoms with Crippen molar-refractivity contribution in [2.24, 2.45) is 0 Å². The smallest absolute Gasteiger partial charge is 0.101 e. The first-order valence-electron chi connectivity index (χ1n) is 18.3. The van der Waals surface area contributed by atoms with Crippen LogP contribution in [0.4, 0.5) is 0 Å². The van der Waals surface area contributed by atoms with Gasteiger partial charge in [-0.2, -0.15) is 10.5 Å². The lowest BCUT2D eigenvalue weighted by molar-refractivity contribution is 1.16. The average Bonchev–Trinajstić information content (AvgIpc) is 3.88. The van der Waals surface area contributed by atoms with Gasteiger partial charge in [0, 0.05) is 43.6 Å². The molecular weight excluding hydrogens is 671 g/mol. The van der Waals surface area contributed by atoms with Gasteiger partial charge in [0.2, 0.25) is 0 Å². The lowest BCUT2D eigenvalue weighted by Crippen LogP contribution is -2.00. The molecule has 0 saturated carbocycles. The topological polar surface area (TPSA) is 62.4 Å². The van der Waals surface area contributed by atoms with Gasteiger partial charge < -0.3 is 13.7 Å². The van der Waals surface area contributed by atoms with Gasteiger partial charge in [-0.3, -0.25) is 0 Å². The second-order valence-electron chi connectivity index (χ2n) is 14.0. The highest BCUT2D eigenvalue weighted by Crippen LogP contribution is 2.40. The summed E-state index contributed by atoms with van der Waals surface area (Å²) in [5.41, 5.74) is 12.6. The van der Waals surface area contributed by atoms with Crippen molar-refractivity contribution in [1.29, 1.82) is 10.5 Å². The van der Waals surface area contributed by atoms with E-state index in [2.05, 4.69) is 165 Å². The van der Waals surface area contributed by atoms with Crippen molar-refractivity contribution in [1.82, 2.24) is 13.7 Å². The molecule has 8 aromatic carbocycles. The van der Waals surface area contributed by atoms with E-state index < -0.39 is 0 Å². The predicted molar refractivity (Wildman–Crippen MR) is 224 cm³/mol. The highest BCUT2D eigenvalue weighted by molar-refractivity contribution is 6.13. The quantitative estimate of drug-likeness (QED) is 0.184. The molecule has 0 bridgehead atoms. The lowest BCUT2D eigenvalue weighted by atomic mass is 10.00. The molecule has 0 atom stereocenters. The van der Waals surface area contributed by atoms with Gasteiger partial charge >= 0.3 is 0 Å². The molecule has 11 rings (SSSR count). The Bertz CT molecular complexity index is 3420. The molecule has 0 radical (unpaired) electrons. The average molecular weight is 700 g/mol. The third-order valence-electron chi connectivity index (χ3n) is 11.1. The molecule has 0 unspecified atom stereocenters. The Morgan fingerprint density at radius 1 is 0.345 bits per heavy atom. The normalized spacial score (nSPS) is 11.6. The summed E-state index contributed by atoms with van der Waals surface area (Å²) in [6.07, 6.45) is 0. The number of rotatable bonds is 4. The van der Waals surface area contributed by atoms with Crippen LogP contribution in [-0.2, 0) is 0 Å². The first-order chi connectivity index (χ1) is 27.2. The molecule has 0 N–H and O–H groups in total. The zero-order chi connectivity index (χ0) is 36.6. The minimum absolute atomic E-state index is 0.567. The van der Waals surface area contributed by atoms with E-state index in [1.165, 1.54) is 32.6 Å². The molecule has 0 fully saturated rings. The van der Waals surface area contributed by atoms with Gasteiger partial charge in [0.15, 0.2) is 0 Å². The van der Waals surface area contributed by atoms with Gasteiger partial charge in [0.25, 0.3) is 0 Å². The van der Waals surface area contributed by atoms with Crippen molar-refractivity contribution in [2.75, 3.05) is 0 Å². The summed E-state index contributed by atoms with van der Waals surface area (Å²) in [5, 5.41) is 27.2. The van der Waals surface area contributed by atoms with E-state index in [0.29, 0.717) is 11.1 Å².